The highest BCUT2D eigenvalue weighted by molar-refractivity contribution is 5.82. The number of rotatable bonds is 3. The van der Waals surface area contributed by atoms with Gasteiger partial charge in [-0.15, -0.1) is 0 Å². The Morgan fingerprint density at radius 1 is 1.21 bits per heavy atom. The fourth-order valence-corrected chi connectivity index (χ4v) is 2.36. The third-order valence-electron chi connectivity index (χ3n) is 3.28. The van der Waals surface area contributed by atoms with E-state index in [-0.39, 0.29) is 6.04 Å². The third kappa shape index (κ3) is 2.35. The molecule has 1 aromatic carbocycles. The van der Waals surface area contributed by atoms with Gasteiger partial charge in [0.15, 0.2) is 0 Å². The largest absolute Gasteiger partial charge is 0.324 e. The summed E-state index contributed by atoms with van der Waals surface area (Å²) < 4.78 is 1.80. The number of aromatic nitrogens is 3. The van der Waals surface area contributed by atoms with Crippen molar-refractivity contribution in [1.29, 1.82) is 0 Å². The molecule has 4 nitrogen and oxygen atoms in total. The van der Waals surface area contributed by atoms with Gasteiger partial charge in [-0.05, 0) is 23.8 Å². The van der Waals surface area contributed by atoms with Crippen molar-refractivity contribution in [2.45, 2.75) is 12.5 Å². The SMILES string of the molecule is Cn1ccc(CC(N)c2cccc3ncccc23)n1. The molecule has 0 bridgehead atoms. The molecule has 0 aliphatic heterocycles. The lowest BCUT2D eigenvalue weighted by molar-refractivity contribution is 0.678. The summed E-state index contributed by atoms with van der Waals surface area (Å²) >= 11 is 0. The highest BCUT2D eigenvalue weighted by Gasteiger charge is 2.12. The summed E-state index contributed by atoms with van der Waals surface area (Å²) in [5, 5.41) is 5.50. The molecule has 0 fully saturated rings. The molecular formula is C15H16N4. The Morgan fingerprint density at radius 2 is 2.11 bits per heavy atom. The Morgan fingerprint density at radius 3 is 2.89 bits per heavy atom. The zero-order chi connectivity index (χ0) is 13.2. The molecule has 0 radical (unpaired) electrons. The summed E-state index contributed by atoms with van der Waals surface area (Å²) in [6.07, 6.45) is 4.47. The van der Waals surface area contributed by atoms with Crippen LogP contribution < -0.4 is 5.73 Å². The Bertz CT molecular complexity index is 697. The minimum atomic E-state index is -0.0669. The van der Waals surface area contributed by atoms with Crippen molar-refractivity contribution in [2.24, 2.45) is 12.8 Å². The molecule has 0 saturated heterocycles. The van der Waals surface area contributed by atoms with Gasteiger partial charge in [-0.2, -0.15) is 5.10 Å². The third-order valence-corrected chi connectivity index (χ3v) is 3.28. The molecule has 0 aliphatic carbocycles. The van der Waals surface area contributed by atoms with Gasteiger partial charge in [0, 0.05) is 37.3 Å². The van der Waals surface area contributed by atoms with Crippen molar-refractivity contribution in [1.82, 2.24) is 14.8 Å². The van der Waals surface area contributed by atoms with Gasteiger partial charge >= 0.3 is 0 Å². The van der Waals surface area contributed by atoms with Gasteiger partial charge in [0.2, 0.25) is 0 Å². The van der Waals surface area contributed by atoms with Crippen LogP contribution in [0.5, 0.6) is 0 Å². The van der Waals surface area contributed by atoms with Gasteiger partial charge in [-0.25, -0.2) is 0 Å². The summed E-state index contributed by atoms with van der Waals surface area (Å²) in [6, 6.07) is 12.0. The lowest BCUT2D eigenvalue weighted by Gasteiger charge is -2.13. The first kappa shape index (κ1) is 11.9. The van der Waals surface area contributed by atoms with E-state index in [1.807, 2.05) is 37.5 Å². The highest BCUT2D eigenvalue weighted by atomic mass is 15.2. The minimum Gasteiger partial charge on any atom is -0.324 e. The molecule has 19 heavy (non-hydrogen) atoms. The number of hydrogen-bond acceptors (Lipinski definition) is 3. The number of nitrogens with zero attached hydrogens (tertiary/aromatic N) is 3. The van der Waals surface area contributed by atoms with Crippen LogP contribution in [0, 0.1) is 0 Å². The molecule has 0 saturated carbocycles. The first-order valence-corrected chi connectivity index (χ1v) is 6.32. The molecule has 1 atom stereocenters. The smallest absolute Gasteiger partial charge is 0.0705 e. The number of fused-ring (bicyclic) bond motifs is 1. The van der Waals surface area contributed by atoms with Crippen LogP contribution in [0.2, 0.25) is 0 Å². The molecular weight excluding hydrogens is 236 g/mol. The van der Waals surface area contributed by atoms with Gasteiger partial charge in [-0.3, -0.25) is 9.67 Å². The number of nitrogens with two attached hydrogens (primary N) is 1. The van der Waals surface area contributed by atoms with Gasteiger partial charge in [-0.1, -0.05) is 18.2 Å². The van der Waals surface area contributed by atoms with E-state index >= 15 is 0 Å². The standard InChI is InChI=1S/C15H16N4/c1-19-9-7-11(18-19)10-14(16)12-4-2-6-15-13(12)5-3-8-17-15/h2-9,14H,10,16H2,1H3. The molecule has 4 heteroatoms. The van der Waals surface area contributed by atoms with Crippen LogP contribution >= 0.6 is 0 Å². The number of pyridine rings is 1. The van der Waals surface area contributed by atoms with E-state index in [2.05, 4.69) is 22.2 Å². The fourth-order valence-electron chi connectivity index (χ4n) is 2.36. The predicted molar refractivity (Wildman–Crippen MR) is 75.6 cm³/mol. The summed E-state index contributed by atoms with van der Waals surface area (Å²) in [7, 11) is 1.91. The van der Waals surface area contributed by atoms with Crippen molar-refractivity contribution in [3.8, 4) is 0 Å². The second-order valence-electron chi connectivity index (χ2n) is 4.71. The van der Waals surface area contributed by atoms with Gasteiger partial charge < -0.3 is 5.73 Å². The fraction of sp³-hybridized carbons (Fsp3) is 0.200. The summed E-state index contributed by atoms with van der Waals surface area (Å²) in [6.45, 7) is 0. The molecule has 2 aromatic heterocycles. The second-order valence-corrected chi connectivity index (χ2v) is 4.71. The van der Waals surface area contributed by atoms with Crippen LogP contribution in [0.15, 0.2) is 48.8 Å². The zero-order valence-electron chi connectivity index (χ0n) is 10.8. The maximum Gasteiger partial charge on any atom is 0.0705 e. The van der Waals surface area contributed by atoms with Crippen LogP contribution in [0.1, 0.15) is 17.3 Å². The predicted octanol–water partition coefficient (Wildman–Crippen LogP) is 2.21. The van der Waals surface area contributed by atoms with E-state index in [0.29, 0.717) is 0 Å². The van der Waals surface area contributed by atoms with Crippen LogP contribution in [0.4, 0.5) is 0 Å². The molecule has 0 aliphatic rings. The van der Waals surface area contributed by atoms with E-state index < -0.39 is 0 Å². The van der Waals surface area contributed by atoms with Crippen molar-refractivity contribution >= 4 is 10.9 Å². The maximum absolute atomic E-state index is 6.33. The number of benzene rings is 1. The van der Waals surface area contributed by atoms with Crippen LogP contribution in [0.3, 0.4) is 0 Å². The summed E-state index contributed by atoms with van der Waals surface area (Å²) in [4.78, 5) is 4.36. The maximum atomic E-state index is 6.33. The number of hydrogen-bond donors (Lipinski definition) is 1. The topological polar surface area (TPSA) is 56.7 Å². The quantitative estimate of drug-likeness (QED) is 0.777. The molecule has 1 unspecified atom stereocenters. The summed E-state index contributed by atoms with van der Waals surface area (Å²) in [5.41, 5.74) is 9.44. The lowest BCUT2D eigenvalue weighted by atomic mass is 9.98. The van der Waals surface area contributed by atoms with Crippen molar-refractivity contribution in [3.05, 3.63) is 60.0 Å². The molecule has 96 valence electrons. The van der Waals surface area contributed by atoms with Crippen molar-refractivity contribution in [3.63, 3.8) is 0 Å². The van der Waals surface area contributed by atoms with Crippen LogP contribution in [-0.4, -0.2) is 14.8 Å². The first-order valence-electron chi connectivity index (χ1n) is 6.32. The average molecular weight is 252 g/mol. The Labute approximate surface area is 111 Å². The highest BCUT2D eigenvalue weighted by Crippen LogP contribution is 2.23. The molecule has 2 heterocycles. The monoisotopic (exact) mass is 252 g/mol. The molecule has 0 spiro atoms. The number of aryl methyl sites for hydroxylation is 1. The Kier molecular flexibility index (Phi) is 3.01. The van der Waals surface area contributed by atoms with Crippen molar-refractivity contribution < 1.29 is 0 Å². The first-order chi connectivity index (χ1) is 9.24. The molecule has 3 aromatic rings. The van der Waals surface area contributed by atoms with E-state index in [4.69, 9.17) is 5.73 Å². The normalized spacial score (nSPS) is 12.7. The van der Waals surface area contributed by atoms with Crippen LogP contribution in [-0.2, 0) is 13.5 Å². The second kappa shape index (κ2) is 4.82. The van der Waals surface area contributed by atoms with E-state index in [1.165, 1.54) is 0 Å². The molecule has 0 amide bonds. The van der Waals surface area contributed by atoms with E-state index in [1.54, 1.807) is 10.9 Å². The summed E-state index contributed by atoms with van der Waals surface area (Å²) in [5.74, 6) is 0. The van der Waals surface area contributed by atoms with Crippen molar-refractivity contribution in [2.75, 3.05) is 0 Å². The lowest BCUT2D eigenvalue weighted by Crippen LogP contribution is -2.14. The van der Waals surface area contributed by atoms with Gasteiger partial charge in [0.1, 0.15) is 0 Å². The van der Waals surface area contributed by atoms with Gasteiger partial charge in [0.05, 0.1) is 11.2 Å². The van der Waals surface area contributed by atoms with E-state index in [0.717, 1.165) is 28.6 Å². The average Bonchev–Trinajstić information content (AvgIpc) is 2.83. The van der Waals surface area contributed by atoms with Gasteiger partial charge in [0.25, 0.3) is 0 Å². The Balaban J connectivity index is 1.95. The minimum absolute atomic E-state index is 0.0669. The van der Waals surface area contributed by atoms with Crippen LogP contribution in [0.25, 0.3) is 10.9 Å². The molecule has 3 rings (SSSR count). The molecule has 2 N–H and O–H groups in total. The Hall–Kier alpha value is -2.20. The zero-order valence-corrected chi connectivity index (χ0v) is 10.8. The van der Waals surface area contributed by atoms with E-state index in [9.17, 15) is 0 Å².